The number of amides is 1. The number of carbonyl (C=O) groups excluding carboxylic acids is 1. The van der Waals surface area contributed by atoms with Crippen molar-refractivity contribution in [3.63, 3.8) is 0 Å². The SMILES string of the molecule is CCCS(=O)(=O)N1CC[C@]2(C[C@@H](N3CCCC3=O)CCO2)C1. The first kappa shape index (κ1) is 16.2. The van der Waals surface area contributed by atoms with Crippen LogP contribution in [0.2, 0.25) is 0 Å². The maximum Gasteiger partial charge on any atom is 0.222 e. The molecular formula is C15H26N2O4S. The highest BCUT2D eigenvalue weighted by Gasteiger charge is 2.48. The van der Waals surface area contributed by atoms with Crippen LogP contribution in [0, 0.1) is 0 Å². The van der Waals surface area contributed by atoms with Crippen molar-refractivity contribution in [1.82, 2.24) is 9.21 Å². The van der Waals surface area contributed by atoms with E-state index in [0.29, 0.717) is 32.5 Å². The van der Waals surface area contributed by atoms with E-state index in [1.54, 1.807) is 4.31 Å². The van der Waals surface area contributed by atoms with Gasteiger partial charge < -0.3 is 9.64 Å². The minimum Gasteiger partial charge on any atom is -0.373 e. The van der Waals surface area contributed by atoms with Crippen LogP contribution in [0.1, 0.15) is 45.4 Å². The Kier molecular flexibility index (Phi) is 4.49. The third-order valence-electron chi connectivity index (χ3n) is 5.15. The van der Waals surface area contributed by atoms with E-state index in [0.717, 1.165) is 32.2 Å². The molecule has 2 atom stereocenters. The van der Waals surface area contributed by atoms with E-state index >= 15 is 0 Å². The number of ether oxygens (including phenoxy) is 1. The number of sulfonamides is 1. The van der Waals surface area contributed by atoms with Gasteiger partial charge in [0.15, 0.2) is 0 Å². The Hall–Kier alpha value is -0.660. The number of nitrogens with zero attached hydrogens (tertiary/aromatic N) is 2. The molecule has 6 nitrogen and oxygen atoms in total. The molecule has 0 aliphatic carbocycles. The molecule has 3 aliphatic heterocycles. The van der Waals surface area contributed by atoms with Gasteiger partial charge in [-0.1, -0.05) is 6.92 Å². The van der Waals surface area contributed by atoms with E-state index in [4.69, 9.17) is 4.74 Å². The van der Waals surface area contributed by atoms with Gasteiger partial charge in [-0.25, -0.2) is 8.42 Å². The Bertz CT molecular complexity index is 536. The summed E-state index contributed by atoms with van der Waals surface area (Å²) in [5.74, 6) is 0.451. The van der Waals surface area contributed by atoms with Crippen molar-refractivity contribution in [1.29, 1.82) is 0 Å². The third-order valence-corrected chi connectivity index (χ3v) is 7.18. The minimum atomic E-state index is -3.16. The first-order valence-electron chi connectivity index (χ1n) is 8.37. The summed E-state index contributed by atoms with van der Waals surface area (Å²) in [5.41, 5.74) is -0.382. The van der Waals surface area contributed by atoms with Gasteiger partial charge in [0.25, 0.3) is 0 Å². The summed E-state index contributed by atoms with van der Waals surface area (Å²) in [7, 11) is -3.16. The molecule has 0 aromatic rings. The first-order chi connectivity index (χ1) is 10.5. The zero-order valence-corrected chi connectivity index (χ0v) is 14.1. The molecule has 0 saturated carbocycles. The second-order valence-electron chi connectivity index (χ2n) is 6.77. The Labute approximate surface area is 132 Å². The lowest BCUT2D eigenvalue weighted by atomic mass is 9.89. The number of hydrogen-bond acceptors (Lipinski definition) is 4. The van der Waals surface area contributed by atoms with Gasteiger partial charge in [-0.05, 0) is 32.1 Å². The molecule has 1 spiro atoms. The van der Waals surface area contributed by atoms with Gasteiger partial charge in [0.1, 0.15) is 0 Å². The van der Waals surface area contributed by atoms with Crippen molar-refractivity contribution in [2.45, 2.75) is 57.1 Å². The van der Waals surface area contributed by atoms with Crippen LogP contribution >= 0.6 is 0 Å². The van der Waals surface area contributed by atoms with Crippen LogP contribution in [-0.4, -0.2) is 67.2 Å². The normalized spacial score (nSPS) is 34.0. The summed E-state index contributed by atoms with van der Waals surface area (Å²) in [6.45, 7) is 4.35. The standard InChI is InChI=1S/C15H26N2O4S/c1-2-10-22(19,20)16-8-6-15(12-16)11-13(5-9-21-15)17-7-3-4-14(17)18/h13H,2-12H2,1H3/t13-,15-/m0/s1. The maximum atomic E-state index is 12.3. The average molecular weight is 330 g/mol. The summed E-state index contributed by atoms with van der Waals surface area (Å²) in [6.07, 6.45) is 4.62. The molecule has 1 amide bonds. The van der Waals surface area contributed by atoms with Crippen molar-refractivity contribution >= 4 is 15.9 Å². The molecule has 0 unspecified atom stereocenters. The van der Waals surface area contributed by atoms with E-state index in [2.05, 4.69) is 0 Å². The molecule has 126 valence electrons. The molecule has 3 fully saturated rings. The van der Waals surface area contributed by atoms with Gasteiger partial charge in [-0.2, -0.15) is 4.31 Å². The summed E-state index contributed by atoms with van der Waals surface area (Å²) < 4.78 is 32.1. The first-order valence-corrected chi connectivity index (χ1v) is 9.98. The van der Waals surface area contributed by atoms with E-state index < -0.39 is 10.0 Å². The van der Waals surface area contributed by atoms with Gasteiger partial charge in [0.05, 0.1) is 11.4 Å². The van der Waals surface area contributed by atoms with Crippen molar-refractivity contribution in [3.8, 4) is 0 Å². The lowest BCUT2D eigenvalue weighted by molar-refractivity contribution is -0.137. The lowest BCUT2D eigenvalue weighted by Gasteiger charge is -2.41. The molecule has 3 aliphatic rings. The van der Waals surface area contributed by atoms with E-state index in [-0.39, 0.29) is 23.3 Å². The second-order valence-corrected chi connectivity index (χ2v) is 8.86. The van der Waals surface area contributed by atoms with Crippen LogP contribution in [0.15, 0.2) is 0 Å². The van der Waals surface area contributed by atoms with Crippen LogP contribution in [0.25, 0.3) is 0 Å². The zero-order chi connectivity index (χ0) is 15.8. The molecule has 3 saturated heterocycles. The Morgan fingerprint density at radius 2 is 2.18 bits per heavy atom. The van der Waals surface area contributed by atoms with Gasteiger partial charge in [-0.3, -0.25) is 4.79 Å². The van der Waals surface area contributed by atoms with Crippen LogP contribution in [0.4, 0.5) is 0 Å². The largest absolute Gasteiger partial charge is 0.373 e. The van der Waals surface area contributed by atoms with Gasteiger partial charge in [0, 0.05) is 38.7 Å². The number of likely N-dealkylation sites (tertiary alicyclic amines) is 1. The van der Waals surface area contributed by atoms with Crippen molar-refractivity contribution < 1.29 is 17.9 Å². The molecular weight excluding hydrogens is 304 g/mol. The fourth-order valence-corrected chi connectivity index (χ4v) is 5.62. The number of carbonyl (C=O) groups is 1. The van der Waals surface area contributed by atoms with Crippen molar-refractivity contribution in [2.75, 3.05) is 32.0 Å². The molecule has 3 rings (SSSR count). The molecule has 0 bridgehead atoms. The number of rotatable bonds is 4. The fraction of sp³-hybridized carbons (Fsp3) is 0.933. The summed E-state index contributed by atoms with van der Waals surface area (Å²) in [4.78, 5) is 14.0. The van der Waals surface area contributed by atoms with Crippen LogP contribution in [-0.2, 0) is 19.6 Å². The third kappa shape index (κ3) is 3.03. The Morgan fingerprint density at radius 3 is 2.86 bits per heavy atom. The van der Waals surface area contributed by atoms with Gasteiger partial charge >= 0.3 is 0 Å². The monoisotopic (exact) mass is 330 g/mol. The highest BCUT2D eigenvalue weighted by Crippen LogP contribution is 2.38. The second kappa shape index (κ2) is 6.09. The molecule has 22 heavy (non-hydrogen) atoms. The van der Waals surface area contributed by atoms with Crippen LogP contribution in [0.5, 0.6) is 0 Å². The van der Waals surface area contributed by atoms with Gasteiger partial charge in [-0.15, -0.1) is 0 Å². The molecule has 0 radical (unpaired) electrons. The average Bonchev–Trinajstić information content (AvgIpc) is 3.06. The fourth-order valence-electron chi connectivity index (χ4n) is 4.04. The molecule has 3 heterocycles. The summed E-state index contributed by atoms with van der Waals surface area (Å²) in [5, 5.41) is 0. The van der Waals surface area contributed by atoms with E-state index in [1.165, 1.54) is 0 Å². The smallest absolute Gasteiger partial charge is 0.222 e. The van der Waals surface area contributed by atoms with Crippen molar-refractivity contribution in [2.24, 2.45) is 0 Å². The quantitative estimate of drug-likeness (QED) is 0.770. The van der Waals surface area contributed by atoms with Crippen LogP contribution < -0.4 is 0 Å². The van der Waals surface area contributed by atoms with Gasteiger partial charge in [0.2, 0.25) is 15.9 Å². The molecule has 7 heteroatoms. The molecule has 0 aromatic heterocycles. The number of hydrogen-bond donors (Lipinski definition) is 0. The molecule has 0 aromatic carbocycles. The zero-order valence-electron chi connectivity index (χ0n) is 13.3. The topological polar surface area (TPSA) is 66.9 Å². The Morgan fingerprint density at radius 1 is 1.36 bits per heavy atom. The molecule has 0 N–H and O–H groups in total. The van der Waals surface area contributed by atoms with E-state index in [9.17, 15) is 13.2 Å². The van der Waals surface area contributed by atoms with Crippen molar-refractivity contribution in [3.05, 3.63) is 0 Å². The van der Waals surface area contributed by atoms with Crippen LogP contribution in [0.3, 0.4) is 0 Å². The predicted molar refractivity (Wildman–Crippen MR) is 82.9 cm³/mol. The Balaban J connectivity index is 1.68. The highest BCUT2D eigenvalue weighted by molar-refractivity contribution is 7.89. The van der Waals surface area contributed by atoms with E-state index in [1.807, 2.05) is 11.8 Å². The lowest BCUT2D eigenvalue weighted by Crippen LogP contribution is -2.50. The maximum absolute atomic E-state index is 12.3. The highest BCUT2D eigenvalue weighted by atomic mass is 32.2. The predicted octanol–water partition coefficient (Wildman–Crippen LogP) is 0.972. The summed E-state index contributed by atoms with van der Waals surface area (Å²) >= 11 is 0. The summed E-state index contributed by atoms with van der Waals surface area (Å²) in [6, 6.07) is 0.220. The minimum absolute atomic E-state index is 0.205.